The van der Waals surface area contributed by atoms with Crippen LogP contribution in [0.25, 0.3) is 0 Å². The van der Waals surface area contributed by atoms with Gasteiger partial charge in [0.2, 0.25) is 0 Å². The number of nitrogens with one attached hydrogen (secondary N) is 1. The summed E-state index contributed by atoms with van der Waals surface area (Å²) in [5.41, 5.74) is 2.66. The summed E-state index contributed by atoms with van der Waals surface area (Å²) >= 11 is 0. The summed E-state index contributed by atoms with van der Waals surface area (Å²) < 4.78 is 5.14. The first-order chi connectivity index (χ1) is 7.86. The molecule has 0 heterocycles. The molecule has 1 rings (SSSR count). The molecule has 0 saturated carbocycles. The molecule has 3 nitrogen and oxygen atoms in total. The summed E-state index contributed by atoms with van der Waals surface area (Å²) in [6.45, 7) is 5.01. The standard InChI is InChI=1S/C13H21NO2/c1-2-12-3-5-13(6-4-12)11-14-7-9-16-10-8-15/h3-6,14-15H,2,7-11H2,1H3. The second-order valence-electron chi connectivity index (χ2n) is 3.68. The smallest absolute Gasteiger partial charge is 0.0698 e. The fraction of sp³-hybridized carbons (Fsp3) is 0.538. The zero-order valence-electron chi connectivity index (χ0n) is 9.91. The molecule has 0 saturated heterocycles. The Kier molecular flexibility index (Phi) is 6.81. The van der Waals surface area contributed by atoms with Crippen LogP contribution in [0.2, 0.25) is 0 Å². The first kappa shape index (κ1) is 13.2. The van der Waals surface area contributed by atoms with Crippen molar-refractivity contribution in [2.24, 2.45) is 0 Å². The van der Waals surface area contributed by atoms with Crippen LogP contribution in [0.4, 0.5) is 0 Å². The third kappa shape index (κ3) is 5.26. The van der Waals surface area contributed by atoms with Crippen LogP contribution in [0.1, 0.15) is 18.1 Å². The number of aryl methyl sites for hydroxylation is 1. The highest BCUT2D eigenvalue weighted by atomic mass is 16.5. The number of hydrogen-bond donors (Lipinski definition) is 2. The highest BCUT2D eigenvalue weighted by molar-refractivity contribution is 5.22. The summed E-state index contributed by atoms with van der Waals surface area (Å²) in [6.07, 6.45) is 1.09. The van der Waals surface area contributed by atoms with E-state index in [4.69, 9.17) is 9.84 Å². The quantitative estimate of drug-likeness (QED) is 0.654. The van der Waals surface area contributed by atoms with Gasteiger partial charge in [-0.1, -0.05) is 31.2 Å². The van der Waals surface area contributed by atoms with Crippen LogP contribution in [0.15, 0.2) is 24.3 Å². The first-order valence-electron chi connectivity index (χ1n) is 5.84. The maximum atomic E-state index is 8.50. The Morgan fingerprint density at radius 1 is 1.12 bits per heavy atom. The van der Waals surface area contributed by atoms with Gasteiger partial charge in [-0.15, -0.1) is 0 Å². The van der Waals surface area contributed by atoms with Gasteiger partial charge >= 0.3 is 0 Å². The van der Waals surface area contributed by atoms with Gasteiger partial charge in [0.1, 0.15) is 0 Å². The molecule has 0 aromatic heterocycles. The van der Waals surface area contributed by atoms with E-state index in [-0.39, 0.29) is 6.61 Å². The van der Waals surface area contributed by atoms with Crippen LogP contribution in [0, 0.1) is 0 Å². The molecule has 0 unspecified atom stereocenters. The molecule has 0 atom stereocenters. The molecule has 0 aliphatic rings. The van der Waals surface area contributed by atoms with Gasteiger partial charge in [0, 0.05) is 13.1 Å². The minimum Gasteiger partial charge on any atom is -0.394 e. The largest absolute Gasteiger partial charge is 0.394 e. The molecule has 2 N–H and O–H groups in total. The number of aliphatic hydroxyl groups excluding tert-OH is 1. The molecule has 0 amide bonds. The lowest BCUT2D eigenvalue weighted by atomic mass is 10.1. The normalized spacial score (nSPS) is 10.6. The summed E-state index contributed by atoms with van der Waals surface area (Å²) in [4.78, 5) is 0. The van der Waals surface area contributed by atoms with Gasteiger partial charge in [-0.2, -0.15) is 0 Å². The van der Waals surface area contributed by atoms with E-state index in [0.717, 1.165) is 19.5 Å². The number of rotatable bonds is 8. The van der Waals surface area contributed by atoms with E-state index in [9.17, 15) is 0 Å². The van der Waals surface area contributed by atoms with Crippen molar-refractivity contribution in [1.29, 1.82) is 0 Å². The summed E-state index contributed by atoms with van der Waals surface area (Å²) in [7, 11) is 0. The molecule has 16 heavy (non-hydrogen) atoms. The van der Waals surface area contributed by atoms with Crippen molar-refractivity contribution in [3.8, 4) is 0 Å². The van der Waals surface area contributed by atoms with E-state index >= 15 is 0 Å². The fourth-order valence-electron chi connectivity index (χ4n) is 1.44. The van der Waals surface area contributed by atoms with Crippen molar-refractivity contribution in [2.45, 2.75) is 19.9 Å². The zero-order chi connectivity index (χ0) is 11.6. The Morgan fingerprint density at radius 3 is 2.44 bits per heavy atom. The fourth-order valence-corrected chi connectivity index (χ4v) is 1.44. The minimum absolute atomic E-state index is 0.0957. The van der Waals surface area contributed by atoms with Gasteiger partial charge in [0.15, 0.2) is 0 Å². The van der Waals surface area contributed by atoms with Crippen molar-refractivity contribution in [1.82, 2.24) is 5.32 Å². The van der Waals surface area contributed by atoms with Gasteiger partial charge in [-0.05, 0) is 17.5 Å². The maximum absolute atomic E-state index is 8.50. The number of ether oxygens (including phenoxy) is 1. The molecule has 0 aliphatic heterocycles. The average molecular weight is 223 g/mol. The minimum atomic E-state index is 0.0957. The molecular weight excluding hydrogens is 202 g/mol. The Hall–Kier alpha value is -0.900. The number of hydrogen-bond acceptors (Lipinski definition) is 3. The van der Waals surface area contributed by atoms with Gasteiger partial charge in [-0.25, -0.2) is 0 Å². The van der Waals surface area contributed by atoms with E-state index in [0.29, 0.717) is 13.2 Å². The van der Waals surface area contributed by atoms with Crippen LogP contribution < -0.4 is 5.32 Å². The van der Waals surface area contributed by atoms with E-state index in [1.807, 2.05) is 0 Å². The second-order valence-corrected chi connectivity index (χ2v) is 3.68. The number of benzene rings is 1. The monoisotopic (exact) mass is 223 g/mol. The molecule has 1 aromatic rings. The summed E-state index contributed by atoms with van der Waals surface area (Å²) in [6, 6.07) is 8.64. The second kappa shape index (κ2) is 8.28. The van der Waals surface area contributed by atoms with Crippen molar-refractivity contribution in [2.75, 3.05) is 26.4 Å². The van der Waals surface area contributed by atoms with Crippen LogP contribution in [-0.4, -0.2) is 31.5 Å². The maximum Gasteiger partial charge on any atom is 0.0698 e. The van der Waals surface area contributed by atoms with Gasteiger partial charge < -0.3 is 15.2 Å². The lowest BCUT2D eigenvalue weighted by Gasteiger charge is -2.06. The van der Waals surface area contributed by atoms with Gasteiger partial charge in [0.05, 0.1) is 19.8 Å². The van der Waals surface area contributed by atoms with Gasteiger partial charge in [0.25, 0.3) is 0 Å². The molecule has 90 valence electrons. The van der Waals surface area contributed by atoms with Crippen molar-refractivity contribution >= 4 is 0 Å². The zero-order valence-corrected chi connectivity index (χ0v) is 9.91. The summed E-state index contributed by atoms with van der Waals surface area (Å²) in [5.74, 6) is 0. The Bertz CT molecular complexity index is 272. The molecule has 0 radical (unpaired) electrons. The third-order valence-corrected chi connectivity index (χ3v) is 2.42. The van der Waals surface area contributed by atoms with Crippen molar-refractivity contribution in [3.63, 3.8) is 0 Å². The van der Waals surface area contributed by atoms with Gasteiger partial charge in [-0.3, -0.25) is 0 Å². The molecular formula is C13H21NO2. The van der Waals surface area contributed by atoms with Crippen LogP contribution in [0.5, 0.6) is 0 Å². The molecule has 0 aliphatic carbocycles. The lowest BCUT2D eigenvalue weighted by Crippen LogP contribution is -2.19. The van der Waals surface area contributed by atoms with Crippen LogP contribution >= 0.6 is 0 Å². The third-order valence-electron chi connectivity index (χ3n) is 2.42. The van der Waals surface area contributed by atoms with E-state index in [2.05, 4.69) is 36.5 Å². The highest BCUT2D eigenvalue weighted by Gasteiger charge is 1.93. The molecule has 0 bridgehead atoms. The van der Waals surface area contributed by atoms with Crippen LogP contribution in [-0.2, 0) is 17.7 Å². The Balaban J connectivity index is 2.12. The molecule has 1 aromatic carbocycles. The predicted molar refractivity (Wildman–Crippen MR) is 65.4 cm³/mol. The van der Waals surface area contributed by atoms with E-state index in [1.165, 1.54) is 11.1 Å². The number of aliphatic hydroxyl groups is 1. The van der Waals surface area contributed by atoms with Crippen LogP contribution in [0.3, 0.4) is 0 Å². The Morgan fingerprint density at radius 2 is 1.81 bits per heavy atom. The van der Waals surface area contributed by atoms with E-state index < -0.39 is 0 Å². The lowest BCUT2D eigenvalue weighted by molar-refractivity contribution is 0.0938. The average Bonchev–Trinajstić information content (AvgIpc) is 2.34. The topological polar surface area (TPSA) is 41.5 Å². The molecule has 3 heteroatoms. The molecule has 0 spiro atoms. The Labute approximate surface area is 97.4 Å². The molecule has 0 fully saturated rings. The van der Waals surface area contributed by atoms with Crippen molar-refractivity contribution < 1.29 is 9.84 Å². The van der Waals surface area contributed by atoms with Crippen molar-refractivity contribution in [3.05, 3.63) is 35.4 Å². The summed E-state index contributed by atoms with van der Waals surface area (Å²) in [5, 5.41) is 11.8. The predicted octanol–water partition coefficient (Wildman–Crippen LogP) is 1.35. The SMILES string of the molecule is CCc1ccc(CNCCOCCO)cc1. The first-order valence-corrected chi connectivity index (χ1v) is 5.84. The van der Waals surface area contributed by atoms with E-state index in [1.54, 1.807) is 0 Å². The highest BCUT2D eigenvalue weighted by Crippen LogP contribution is 2.04.